The van der Waals surface area contributed by atoms with E-state index in [-0.39, 0.29) is 0 Å². The van der Waals surface area contributed by atoms with Crippen LogP contribution in [0.5, 0.6) is 0 Å². The van der Waals surface area contributed by atoms with Gasteiger partial charge in [-0.25, -0.2) is 4.68 Å². The summed E-state index contributed by atoms with van der Waals surface area (Å²) in [6, 6.07) is 33.1. The molecule has 0 amide bonds. The lowest BCUT2D eigenvalue weighted by molar-refractivity contribution is -0.0881. The first-order valence-corrected chi connectivity index (χ1v) is 14.4. The fraction of sp³-hybridized carbons (Fsp3) is 0.143. The third-order valence-electron chi connectivity index (χ3n) is 6.56. The molecular formula is C28H23BrF2N3O3P. The van der Waals surface area contributed by atoms with Crippen molar-refractivity contribution in [2.24, 2.45) is 0 Å². The number of rotatable bonds is 10. The molecule has 0 aliphatic heterocycles. The zero-order chi connectivity index (χ0) is 26.6. The maximum atomic E-state index is 12.6. The fourth-order valence-corrected chi connectivity index (χ4v) is 6.06. The van der Waals surface area contributed by atoms with Gasteiger partial charge in [0.05, 0.1) is 17.2 Å². The quantitative estimate of drug-likeness (QED) is 0.153. The molecule has 0 aliphatic rings. The number of halogens is 3. The molecule has 10 heteroatoms. The molecule has 0 aliphatic carbocycles. The van der Waals surface area contributed by atoms with Crippen LogP contribution in [0.4, 0.5) is 9.05 Å². The Bertz CT molecular complexity index is 1580. The van der Waals surface area contributed by atoms with Crippen molar-refractivity contribution in [2.45, 2.75) is 24.5 Å². The van der Waals surface area contributed by atoms with Crippen LogP contribution in [-0.2, 0) is 38.6 Å². The Morgan fingerprint density at radius 2 is 1.45 bits per heavy atom. The lowest BCUT2D eigenvalue weighted by Gasteiger charge is -2.36. The van der Waals surface area contributed by atoms with E-state index in [1.807, 2.05) is 71.4 Å². The van der Waals surface area contributed by atoms with Gasteiger partial charge in [0, 0.05) is 17.3 Å². The number of aromatic nitrogens is 3. The molecule has 0 saturated carbocycles. The molecule has 1 unspecified atom stereocenters. The van der Waals surface area contributed by atoms with Gasteiger partial charge >= 0.3 is 7.60 Å². The third-order valence-corrected chi connectivity index (χ3v) is 8.23. The average Bonchev–Trinajstić information content (AvgIpc) is 3.39. The van der Waals surface area contributed by atoms with E-state index in [1.54, 1.807) is 12.1 Å². The van der Waals surface area contributed by atoms with Gasteiger partial charge in [0.25, 0.3) is 0 Å². The lowest BCUT2D eigenvalue weighted by Crippen LogP contribution is -2.40. The zero-order valence-corrected chi connectivity index (χ0v) is 22.6. The fourth-order valence-electron chi connectivity index (χ4n) is 4.84. The van der Waals surface area contributed by atoms with E-state index < -0.39 is 19.3 Å². The summed E-state index contributed by atoms with van der Waals surface area (Å²) in [5, 5.41) is 9.11. The van der Waals surface area contributed by atoms with E-state index in [2.05, 4.69) is 60.0 Å². The van der Waals surface area contributed by atoms with Crippen LogP contribution in [0.15, 0.2) is 108 Å². The molecule has 4 aromatic carbocycles. The molecule has 0 N–H and O–H groups in total. The summed E-state index contributed by atoms with van der Waals surface area (Å²) in [6.07, 6.45) is 0.593. The van der Waals surface area contributed by atoms with Crippen LogP contribution in [-0.4, -0.2) is 15.0 Å². The van der Waals surface area contributed by atoms with Gasteiger partial charge in [-0.1, -0.05) is 100 Å². The molecule has 6 nitrogen and oxygen atoms in total. The zero-order valence-electron chi connectivity index (χ0n) is 20.1. The van der Waals surface area contributed by atoms with Crippen molar-refractivity contribution in [3.8, 4) is 0 Å². The minimum Gasteiger partial charge on any atom is -0.254 e. The van der Waals surface area contributed by atoms with E-state index in [0.29, 0.717) is 18.4 Å². The van der Waals surface area contributed by atoms with Crippen molar-refractivity contribution in [2.75, 3.05) is 0 Å². The van der Waals surface area contributed by atoms with Gasteiger partial charge in [-0.3, -0.25) is 4.57 Å². The minimum atomic E-state index is -4.48. The molecule has 1 atom stereocenters. The summed E-state index contributed by atoms with van der Waals surface area (Å²) < 4.78 is 46.6. The van der Waals surface area contributed by atoms with E-state index in [0.717, 1.165) is 32.2 Å². The van der Waals surface area contributed by atoms with Gasteiger partial charge in [0.2, 0.25) is 0 Å². The summed E-state index contributed by atoms with van der Waals surface area (Å²) in [5.74, 6) is 0. The van der Waals surface area contributed by atoms with Crippen molar-refractivity contribution in [1.29, 1.82) is 0 Å². The predicted octanol–water partition coefficient (Wildman–Crippen LogP) is 7.92. The van der Waals surface area contributed by atoms with Crippen LogP contribution in [0.1, 0.15) is 22.3 Å². The van der Waals surface area contributed by atoms with E-state index >= 15 is 0 Å². The normalized spacial score (nSPS) is 13.4. The molecule has 5 rings (SSSR count). The highest BCUT2D eigenvalue weighted by Gasteiger charge is 2.37. The maximum absolute atomic E-state index is 12.6. The second-order valence-electron chi connectivity index (χ2n) is 9.09. The average molecular weight is 598 g/mol. The predicted molar refractivity (Wildman–Crippen MR) is 145 cm³/mol. The Kier molecular flexibility index (Phi) is 7.81. The van der Waals surface area contributed by atoms with Gasteiger partial charge in [0.15, 0.2) is 0 Å². The first-order chi connectivity index (χ1) is 18.4. The highest BCUT2D eigenvalue weighted by Crippen LogP contribution is 2.52. The molecule has 1 aromatic heterocycles. The Morgan fingerprint density at radius 3 is 2.16 bits per heavy atom. The Balaban J connectivity index is 1.64. The summed E-state index contributed by atoms with van der Waals surface area (Å²) in [5.41, 5.74) is 4.48. The molecular weight excluding hydrogens is 575 g/mol. The van der Waals surface area contributed by atoms with E-state index in [4.69, 9.17) is 0 Å². The van der Waals surface area contributed by atoms with Crippen molar-refractivity contribution in [3.63, 3.8) is 0 Å². The Labute approximate surface area is 226 Å². The van der Waals surface area contributed by atoms with Crippen LogP contribution >= 0.6 is 23.5 Å². The van der Waals surface area contributed by atoms with Crippen molar-refractivity contribution >= 4 is 34.6 Å². The molecule has 0 fully saturated rings. The van der Waals surface area contributed by atoms with Crippen molar-refractivity contribution in [1.82, 2.24) is 15.0 Å². The van der Waals surface area contributed by atoms with Crippen LogP contribution in [0, 0.1) is 0 Å². The molecule has 0 saturated heterocycles. The second-order valence-corrected chi connectivity index (χ2v) is 11.8. The van der Waals surface area contributed by atoms with E-state index in [1.165, 1.54) is 0 Å². The third kappa shape index (κ3) is 5.47. The summed E-state index contributed by atoms with van der Waals surface area (Å²) >= 11 is 3.59. The van der Waals surface area contributed by atoms with Crippen LogP contribution in [0.2, 0.25) is 0 Å². The largest absolute Gasteiger partial charge is 0.399 e. The highest BCUT2D eigenvalue weighted by atomic mass is 79.9. The standard InChI is InChI=1S/C28H23BrF2N3O3P/c29-25-10-6-7-23(17-25)19-28(24-8-2-1-3-9-24,34-27-12-5-4-11-26(27)32-33-34)18-21-13-15-22(16-14-21)20-38(35,36-30)37-31/h1-17H,18-20H2. The summed E-state index contributed by atoms with van der Waals surface area (Å²) in [4.78, 5) is 0. The molecule has 38 heavy (non-hydrogen) atoms. The van der Waals surface area contributed by atoms with Gasteiger partial charge in [-0.15, -0.1) is 14.6 Å². The van der Waals surface area contributed by atoms with Crippen molar-refractivity contribution in [3.05, 3.63) is 130 Å². The van der Waals surface area contributed by atoms with E-state index in [9.17, 15) is 13.6 Å². The lowest BCUT2D eigenvalue weighted by atomic mass is 9.78. The number of nitrogens with zero attached hydrogens (tertiary/aromatic N) is 3. The van der Waals surface area contributed by atoms with Crippen molar-refractivity contribution < 1.29 is 23.1 Å². The maximum Gasteiger partial charge on any atom is 0.399 e. The molecule has 0 radical (unpaired) electrons. The molecule has 5 aromatic rings. The summed E-state index contributed by atoms with van der Waals surface area (Å²) in [6.45, 7) is 0. The minimum absolute atomic E-state index is 0.413. The Hall–Kier alpha value is -3.23. The van der Waals surface area contributed by atoms with Gasteiger partial charge < -0.3 is 0 Å². The number of hydrogen-bond donors (Lipinski definition) is 0. The SMILES string of the molecule is O=P(Cc1ccc(CC(Cc2cccc(Br)c2)(c2ccccc2)n2nnc3ccccc32)cc1)(OF)OF. The molecule has 1 heterocycles. The van der Waals surface area contributed by atoms with Gasteiger partial charge in [-0.2, -0.15) is 0 Å². The monoisotopic (exact) mass is 597 g/mol. The first-order valence-electron chi connectivity index (χ1n) is 11.8. The number of para-hydroxylation sites is 1. The molecule has 0 spiro atoms. The Morgan fingerprint density at radius 1 is 0.789 bits per heavy atom. The number of hydrogen-bond acceptors (Lipinski definition) is 5. The van der Waals surface area contributed by atoms with Crippen LogP contribution in [0.3, 0.4) is 0 Å². The van der Waals surface area contributed by atoms with Gasteiger partial charge in [0.1, 0.15) is 5.52 Å². The van der Waals surface area contributed by atoms with Crippen LogP contribution in [0.25, 0.3) is 11.0 Å². The highest BCUT2D eigenvalue weighted by molar-refractivity contribution is 9.10. The summed E-state index contributed by atoms with van der Waals surface area (Å²) in [7, 11) is -4.48. The van der Waals surface area contributed by atoms with Gasteiger partial charge in [-0.05, 0) is 55.6 Å². The smallest absolute Gasteiger partial charge is 0.254 e. The molecule has 194 valence electrons. The number of benzene rings is 4. The topological polar surface area (TPSA) is 66.2 Å². The first kappa shape index (κ1) is 26.4. The number of fused-ring (bicyclic) bond motifs is 1. The molecule has 0 bridgehead atoms. The van der Waals surface area contributed by atoms with Crippen LogP contribution < -0.4 is 0 Å². The second kappa shape index (κ2) is 11.3.